The molecule has 2 aromatic rings. The van der Waals surface area contributed by atoms with Crippen LogP contribution >= 0.6 is 23.4 Å². The van der Waals surface area contributed by atoms with Gasteiger partial charge in [-0.25, -0.2) is 0 Å². The number of benzene rings is 2. The molecule has 0 radical (unpaired) electrons. The van der Waals surface area contributed by atoms with Gasteiger partial charge in [-0.3, -0.25) is 9.59 Å². The zero-order valence-corrected chi connectivity index (χ0v) is 14.4. The average molecular weight is 346 g/mol. The lowest BCUT2D eigenvalue weighted by Gasteiger charge is -2.33. The van der Waals surface area contributed by atoms with Crippen molar-refractivity contribution < 1.29 is 9.59 Å². The highest BCUT2D eigenvalue weighted by atomic mass is 35.5. The monoisotopic (exact) mass is 345 g/mol. The molecule has 0 N–H and O–H groups in total. The van der Waals surface area contributed by atoms with Crippen LogP contribution in [-0.2, 0) is 11.3 Å². The number of Topliss-reactive ketones (excluding diaryl/α,β-unsaturated/α-hetero) is 1. The maximum atomic E-state index is 12.7. The molecule has 2 aromatic carbocycles. The lowest BCUT2D eigenvalue weighted by Crippen LogP contribution is -2.39. The number of fused-ring (bicyclic) bond motifs is 1. The van der Waals surface area contributed by atoms with Gasteiger partial charge in [-0.1, -0.05) is 35.9 Å². The van der Waals surface area contributed by atoms with Crippen molar-refractivity contribution in [2.45, 2.75) is 30.5 Å². The molecule has 1 aliphatic heterocycles. The molecule has 0 saturated carbocycles. The first-order chi connectivity index (χ1) is 11.0. The van der Waals surface area contributed by atoms with Gasteiger partial charge in [-0.05, 0) is 37.6 Å². The molecule has 0 bridgehead atoms. The molecule has 5 heteroatoms. The second-order valence-electron chi connectivity index (χ2n) is 5.51. The van der Waals surface area contributed by atoms with Crippen LogP contribution in [0.25, 0.3) is 0 Å². The highest BCUT2D eigenvalue weighted by Crippen LogP contribution is 2.40. The minimum absolute atomic E-state index is 0.0124. The number of amides is 1. The molecule has 1 heterocycles. The van der Waals surface area contributed by atoms with Crippen molar-refractivity contribution in [3.05, 3.63) is 58.6 Å². The van der Waals surface area contributed by atoms with Gasteiger partial charge in [0.2, 0.25) is 5.91 Å². The summed E-state index contributed by atoms with van der Waals surface area (Å²) in [6.07, 6.45) is 0. The summed E-state index contributed by atoms with van der Waals surface area (Å²) < 4.78 is 0. The summed E-state index contributed by atoms with van der Waals surface area (Å²) in [7, 11) is 0. The smallest absolute Gasteiger partial charge is 0.240 e. The van der Waals surface area contributed by atoms with Gasteiger partial charge >= 0.3 is 0 Å². The highest BCUT2D eigenvalue weighted by molar-refractivity contribution is 8.00. The maximum absolute atomic E-state index is 12.7. The van der Waals surface area contributed by atoms with Gasteiger partial charge in [0.15, 0.2) is 5.78 Å². The fourth-order valence-electron chi connectivity index (χ4n) is 2.59. The van der Waals surface area contributed by atoms with E-state index in [4.69, 9.17) is 11.6 Å². The van der Waals surface area contributed by atoms with Crippen LogP contribution in [0.1, 0.15) is 29.8 Å². The minimum atomic E-state index is -0.159. The first-order valence-electron chi connectivity index (χ1n) is 7.34. The van der Waals surface area contributed by atoms with Crippen LogP contribution < -0.4 is 4.90 Å². The van der Waals surface area contributed by atoms with Gasteiger partial charge in [0.1, 0.15) is 0 Å². The van der Waals surface area contributed by atoms with Crippen molar-refractivity contribution in [1.82, 2.24) is 0 Å². The summed E-state index contributed by atoms with van der Waals surface area (Å²) >= 11 is 7.76. The first kappa shape index (κ1) is 16.1. The molecule has 3 rings (SSSR count). The van der Waals surface area contributed by atoms with E-state index in [0.29, 0.717) is 17.1 Å². The lowest BCUT2D eigenvalue weighted by molar-refractivity contribution is -0.118. The third kappa shape index (κ3) is 3.14. The van der Waals surface area contributed by atoms with Gasteiger partial charge in [0.25, 0.3) is 0 Å². The van der Waals surface area contributed by atoms with Gasteiger partial charge in [-0.15, -0.1) is 11.8 Å². The minimum Gasteiger partial charge on any atom is -0.306 e. The van der Waals surface area contributed by atoms with Crippen LogP contribution in [-0.4, -0.2) is 16.9 Å². The molecule has 0 fully saturated rings. The van der Waals surface area contributed by atoms with Gasteiger partial charge in [0, 0.05) is 15.5 Å². The van der Waals surface area contributed by atoms with Gasteiger partial charge < -0.3 is 4.90 Å². The topological polar surface area (TPSA) is 37.4 Å². The second-order valence-corrected chi connectivity index (χ2v) is 7.30. The third-order valence-electron chi connectivity index (χ3n) is 3.86. The van der Waals surface area contributed by atoms with Crippen molar-refractivity contribution in [2.75, 3.05) is 4.90 Å². The number of halogens is 1. The highest BCUT2D eigenvalue weighted by Gasteiger charge is 2.31. The van der Waals surface area contributed by atoms with Crippen LogP contribution in [0.15, 0.2) is 47.4 Å². The fourth-order valence-corrected chi connectivity index (χ4v) is 3.83. The molecule has 1 unspecified atom stereocenters. The number of hydrogen-bond acceptors (Lipinski definition) is 3. The number of anilines is 1. The van der Waals surface area contributed by atoms with E-state index in [9.17, 15) is 9.59 Å². The van der Waals surface area contributed by atoms with Gasteiger partial charge in [-0.2, -0.15) is 0 Å². The van der Waals surface area contributed by atoms with Crippen molar-refractivity contribution in [1.29, 1.82) is 0 Å². The molecular weight excluding hydrogens is 330 g/mol. The SMILES string of the molecule is CC(=O)c1ccc2c(c1)N(Cc1ccccc1Cl)C(=O)C(C)S2. The van der Waals surface area contributed by atoms with Crippen LogP contribution in [0.2, 0.25) is 5.02 Å². The number of hydrogen-bond donors (Lipinski definition) is 0. The standard InChI is InChI=1S/C18H16ClNO2S/c1-11(21)13-7-8-17-16(9-13)20(18(22)12(2)23-17)10-14-5-3-4-6-15(14)19/h3-9,12H,10H2,1-2H3. The van der Waals surface area contributed by atoms with E-state index in [1.165, 1.54) is 18.7 Å². The Morgan fingerprint density at radius 2 is 2.00 bits per heavy atom. The largest absolute Gasteiger partial charge is 0.306 e. The van der Waals surface area contributed by atoms with Crippen LogP contribution in [0.3, 0.4) is 0 Å². The maximum Gasteiger partial charge on any atom is 0.240 e. The van der Waals surface area contributed by atoms with Crippen LogP contribution in [0, 0.1) is 0 Å². The molecule has 118 valence electrons. The number of carbonyl (C=O) groups is 2. The molecule has 0 aromatic heterocycles. The van der Waals surface area contributed by atoms with Gasteiger partial charge in [0.05, 0.1) is 17.5 Å². The number of rotatable bonds is 3. The third-order valence-corrected chi connectivity index (χ3v) is 5.38. The summed E-state index contributed by atoms with van der Waals surface area (Å²) in [6, 6.07) is 13.0. The zero-order valence-electron chi connectivity index (χ0n) is 12.9. The second kappa shape index (κ2) is 6.38. The predicted octanol–water partition coefficient (Wildman–Crippen LogP) is 4.57. The van der Waals surface area contributed by atoms with Crippen molar-refractivity contribution >= 4 is 40.7 Å². The molecule has 23 heavy (non-hydrogen) atoms. The summed E-state index contributed by atoms with van der Waals surface area (Å²) in [5.41, 5.74) is 2.28. The zero-order chi connectivity index (χ0) is 16.6. The van der Waals surface area contributed by atoms with E-state index < -0.39 is 0 Å². The Kier molecular flexibility index (Phi) is 4.46. The molecule has 3 nitrogen and oxygen atoms in total. The summed E-state index contributed by atoms with van der Waals surface area (Å²) in [4.78, 5) is 27.1. The quantitative estimate of drug-likeness (QED) is 0.765. The number of nitrogens with zero attached hydrogens (tertiary/aromatic N) is 1. The van der Waals surface area contributed by atoms with E-state index in [-0.39, 0.29) is 16.9 Å². The number of ketones is 1. The Morgan fingerprint density at radius 3 is 2.70 bits per heavy atom. The summed E-state index contributed by atoms with van der Waals surface area (Å²) in [5, 5.41) is 0.476. The van der Waals surface area contributed by atoms with Crippen LogP contribution in [0.5, 0.6) is 0 Å². The van der Waals surface area contributed by atoms with E-state index in [2.05, 4.69) is 0 Å². The predicted molar refractivity (Wildman–Crippen MR) is 94.4 cm³/mol. The van der Waals surface area contributed by atoms with E-state index in [1.54, 1.807) is 11.0 Å². The molecule has 1 aliphatic rings. The van der Waals surface area contributed by atoms with E-state index in [1.807, 2.05) is 43.3 Å². The van der Waals surface area contributed by atoms with E-state index in [0.717, 1.165) is 16.1 Å². The Morgan fingerprint density at radius 1 is 1.26 bits per heavy atom. The van der Waals surface area contributed by atoms with Crippen molar-refractivity contribution in [3.8, 4) is 0 Å². The summed E-state index contributed by atoms with van der Waals surface area (Å²) in [6.45, 7) is 3.83. The molecule has 1 atom stereocenters. The first-order valence-corrected chi connectivity index (χ1v) is 8.59. The lowest BCUT2D eigenvalue weighted by atomic mass is 10.1. The number of carbonyl (C=O) groups excluding carboxylic acids is 2. The normalized spacial score (nSPS) is 17.1. The Hall–Kier alpha value is -1.78. The fraction of sp³-hybridized carbons (Fsp3) is 0.222. The molecule has 0 aliphatic carbocycles. The molecule has 0 saturated heterocycles. The van der Waals surface area contributed by atoms with Crippen molar-refractivity contribution in [3.63, 3.8) is 0 Å². The molecular formula is C18H16ClNO2S. The summed E-state index contributed by atoms with van der Waals surface area (Å²) in [5.74, 6) is 0.0182. The molecule has 1 amide bonds. The van der Waals surface area contributed by atoms with Crippen molar-refractivity contribution in [2.24, 2.45) is 0 Å². The Balaban J connectivity index is 2.05. The van der Waals surface area contributed by atoms with E-state index >= 15 is 0 Å². The Labute approximate surface area is 144 Å². The number of thioether (sulfide) groups is 1. The molecule has 0 spiro atoms. The Bertz CT molecular complexity index is 790. The van der Waals surface area contributed by atoms with Crippen LogP contribution in [0.4, 0.5) is 5.69 Å². The average Bonchev–Trinajstić information content (AvgIpc) is 2.53.